The van der Waals surface area contributed by atoms with Crippen LogP contribution in [0, 0.1) is 0 Å². The molecule has 0 saturated heterocycles. The van der Waals surface area contributed by atoms with Crippen LogP contribution in [0.3, 0.4) is 0 Å². The summed E-state index contributed by atoms with van der Waals surface area (Å²) in [7, 11) is 1.35. The Bertz CT molecular complexity index is 116. The number of Topliss-reactive ketones (excluding diaryl/α,β-unsaturated/α-hetero) is 1. The molecule has 0 aliphatic rings. The van der Waals surface area contributed by atoms with Crippen LogP contribution in [0.4, 0.5) is 8.78 Å². The number of methoxy groups -OCH3 is 1. The second-order valence-electron chi connectivity index (χ2n) is 1.88. The number of ketones is 1. The molecular weight excluding hydrogens is 158 g/mol. The fourth-order valence-electron chi connectivity index (χ4n) is 0.465. The molecule has 0 atom stereocenters. The topological polar surface area (TPSA) is 35.5 Å². The SMILES string of the molecule is COCC(=O)COCC(F)F. The van der Waals surface area contributed by atoms with E-state index in [4.69, 9.17) is 0 Å². The van der Waals surface area contributed by atoms with Crippen molar-refractivity contribution in [3.8, 4) is 0 Å². The van der Waals surface area contributed by atoms with Crippen LogP contribution >= 0.6 is 0 Å². The minimum Gasteiger partial charge on any atom is -0.377 e. The van der Waals surface area contributed by atoms with Crippen LogP contribution in [-0.4, -0.2) is 39.1 Å². The van der Waals surface area contributed by atoms with Gasteiger partial charge in [-0.1, -0.05) is 0 Å². The molecule has 0 heterocycles. The number of alkyl halides is 2. The largest absolute Gasteiger partial charge is 0.377 e. The Morgan fingerprint density at radius 1 is 1.45 bits per heavy atom. The number of halogens is 2. The number of hydrogen-bond acceptors (Lipinski definition) is 3. The quantitative estimate of drug-likeness (QED) is 0.578. The zero-order valence-corrected chi connectivity index (χ0v) is 6.18. The Morgan fingerprint density at radius 3 is 2.55 bits per heavy atom. The summed E-state index contributed by atoms with van der Waals surface area (Å²) in [5.74, 6) is -0.340. The van der Waals surface area contributed by atoms with E-state index in [0.717, 1.165) is 0 Å². The highest BCUT2D eigenvalue weighted by Crippen LogP contribution is 1.92. The van der Waals surface area contributed by atoms with E-state index in [1.54, 1.807) is 0 Å². The van der Waals surface area contributed by atoms with Crippen molar-refractivity contribution in [1.29, 1.82) is 0 Å². The first kappa shape index (κ1) is 10.4. The van der Waals surface area contributed by atoms with Gasteiger partial charge in [0.05, 0.1) is 0 Å². The standard InChI is InChI=1S/C6H10F2O3/c1-10-2-5(9)3-11-4-6(7)8/h6H,2-4H2,1H3. The lowest BCUT2D eigenvalue weighted by molar-refractivity contribution is -0.128. The first-order chi connectivity index (χ1) is 5.16. The molecule has 0 aromatic heterocycles. The summed E-state index contributed by atoms with van der Waals surface area (Å²) in [6.07, 6.45) is -2.52. The maximum atomic E-state index is 11.4. The molecule has 11 heavy (non-hydrogen) atoms. The van der Waals surface area contributed by atoms with E-state index in [2.05, 4.69) is 9.47 Å². The van der Waals surface area contributed by atoms with Crippen LogP contribution in [0.5, 0.6) is 0 Å². The number of rotatable bonds is 6. The Hall–Kier alpha value is -0.550. The van der Waals surface area contributed by atoms with Crippen LogP contribution in [0.1, 0.15) is 0 Å². The molecule has 0 bridgehead atoms. The number of hydrogen-bond donors (Lipinski definition) is 0. The summed E-state index contributed by atoms with van der Waals surface area (Å²) in [6, 6.07) is 0. The van der Waals surface area contributed by atoms with E-state index in [0.29, 0.717) is 0 Å². The van der Waals surface area contributed by atoms with E-state index in [1.165, 1.54) is 7.11 Å². The summed E-state index contributed by atoms with van der Waals surface area (Å²) in [6.45, 7) is -1.10. The molecule has 0 rings (SSSR count). The average Bonchev–Trinajstić information content (AvgIpc) is 1.87. The molecule has 0 N–H and O–H groups in total. The van der Waals surface area contributed by atoms with Gasteiger partial charge in [0, 0.05) is 7.11 Å². The van der Waals surface area contributed by atoms with E-state index in [9.17, 15) is 13.6 Å². The highest BCUT2D eigenvalue weighted by molar-refractivity contribution is 5.80. The van der Waals surface area contributed by atoms with Crippen molar-refractivity contribution >= 4 is 5.78 Å². The monoisotopic (exact) mass is 168 g/mol. The molecule has 0 spiro atoms. The summed E-state index contributed by atoms with van der Waals surface area (Å²) in [4.78, 5) is 10.5. The van der Waals surface area contributed by atoms with Gasteiger partial charge in [-0.25, -0.2) is 8.78 Å². The van der Waals surface area contributed by atoms with Gasteiger partial charge >= 0.3 is 0 Å². The minimum atomic E-state index is -2.52. The average molecular weight is 168 g/mol. The molecule has 0 unspecified atom stereocenters. The normalized spacial score (nSPS) is 10.5. The first-order valence-electron chi connectivity index (χ1n) is 3.03. The fraction of sp³-hybridized carbons (Fsp3) is 0.833. The van der Waals surface area contributed by atoms with Crippen LogP contribution < -0.4 is 0 Å². The van der Waals surface area contributed by atoms with Gasteiger partial charge in [-0.2, -0.15) is 0 Å². The first-order valence-corrected chi connectivity index (χ1v) is 3.03. The Labute approximate surface area is 63.3 Å². The van der Waals surface area contributed by atoms with Crippen molar-refractivity contribution in [2.75, 3.05) is 26.9 Å². The molecule has 66 valence electrons. The van der Waals surface area contributed by atoms with E-state index >= 15 is 0 Å². The van der Waals surface area contributed by atoms with Gasteiger partial charge in [-0.05, 0) is 0 Å². The molecule has 0 amide bonds. The van der Waals surface area contributed by atoms with E-state index in [1.807, 2.05) is 0 Å². The van der Waals surface area contributed by atoms with Crippen LogP contribution in [0.15, 0.2) is 0 Å². The van der Waals surface area contributed by atoms with Crippen molar-refractivity contribution in [2.24, 2.45) is 0 Å². The molecule has 0 radical (unpaired) electrons. The van der Waals surface area contributed by atoms with Crippen LogP contribution in [0.2, 0.25) is 0 Å². The summed E-state index contributed by atoms with van der Waals surface area (Å²) in [5.41, 5.74) is 0. The number of carbonyl (C=O) groups excluding carboxylic acids is 1. The summed E-state index contributed by atoms with van der Waals surface area (Å²) in [5, 5.41) is 0. The maximum absolute atomic E-state index is 11.4. The molecule has 0 aromatic carbocycles. The Balaban J connectivity index is 3.17. The smallest absolute Gasteiger partial charge is 0.261 e. The second-order valence-corrected chi connectivity index (χ2v) is 1.88. The zero-order valence-electron chi connectivity index (χ0n) is 6.18. The molecule has 5 heteroatoms. The Morgan fingerprint density at radius 2 is 2.09 bits per heavy atom. The van der Waals surface area contributed by atoms with Crippen LogP contribution in [0.25, 0.3) is 0 Å². The van der Waals surface area contributed by atoms with Gasteiger partial charge in [-0.15, -0.1) is 0 Å². The fourth-order valence-corrected chi connectivity index (χ4v) is 0.465. The lowest BCUT2D eigenvalue weighted by atomic mass is 10.4. The Kier molecular flexibility index (Phi) is 5.87. The minimum absolute atomic E-state index is 0.0940. The van der Waals surface area contributed by atoms with Gasteiger partial charge in [0.25, 0.3) is 6.43 Å². The third-order valence-electron chi connectivity index (χ3n) is 0.812. The lowest BCUT2D eigenvalue weighted by Crippen LogP contribution is -2.16. The van der Waals surface area contributed by atoms with Gasteiger partial charge in [0.15, 0.2) is 5.78 Å². The van der Waals surface area contributed by atoms with Crippen molar-refractivity contribution < 1.29 is 23.0 Å². The van der Waals surface area contributed by atoms with E-state index in [-0.39, 0.29) is 19.0 Å². The third kappa shape index (κ3) is 7.35. The van der Waals surface area contributed by atoms with Crippen molar-refractivity contribution in [3.63, 3.8) is 0 Å². The van der Waals surface area contributed by atoms with Gasteiger partial charge in [0.1, 0.15) is 19.8 Å². The van der Waals surface area contributed by atoms with Crippen molar-refractivity contribution in [2.45, 2.75) is 6.43 Å². The van der Waals surface area contributed by atoms with Gasteiger partial charge in [-0.3, -0.25) is 4.79 Å². The molecule has 0 saturated carbocycles. The van der Waals surface area contributed by atoms with Crippen molar-refractivity contribution in [1.82, 2.24) is 0 Å². The second kappa shape index (κ2) is 6.18. The zero-order chi connectivity index (χ0) is 8.69. The predicted molar refractivity (Wildman–Crippen MR) is 33.7 cm³/mol. The molecular formula is C6H10F2O3. The third-order valence-corrected chi connectivity index (χ3v) is 0.812. The lowest BCUT2D eigenvalue weighted by Gasteiger charge is -2.00. The summed E-state index contributed by atoms with van der Waals surface area (Å²) >= 11 is 0. The summed E-state index contributed by atoms with van der Waals surface area (Å²) < 4.78 is 31.6. The van der Waals surface area contributed by atoms with Crippen LogP contribution in [-0.2, 0) is 14.3 Å². The molecule has 0 aliphatic heterocycles. The highest BCUT2D eigenvalue weighted by Gasteiger charge is 2.05. The maximum Gasteiger partial charge on any atom is 0.261 e. The predicted octanol–water partition coefficient (Wildman–Crippen LogP) is 0.484. The highest BCUT2D eigenvalue weighted by atomic mass is 19.3. The number of carbonyl (C=O) groups is 1. The van der Waals surface area contributed by atoms with Crippen molar-refractivity contribution in [3.05, 3.63) is 0 Å². The molecule has 3 nitrogen and oxygen atoms in total. The molecule has 0 aromatic rings. The van der Waals surface area contributed by atoms with Gasteiger partial charge < -0.3 is 9.47 Å². The van der Waals surface area contributed by atoms with E-state index < -0.39 is 13.0 Å². The molecule has 0 fully saturated rings. The number of ether oxygens (including phenoxy) is 2. The molecule has 0 aliphatic carbocycles. The van der Waals surface area contributed by atoms with Gasteiger partial charge in [0.2, 0.25) is 0 Å².